The minimum Gasteiger partial charge on any atom is -0.412 e. The Balaban J connectivity index is -0.000000583. The molecule has 26 heteroatoms. The van der Waals surface area contributed by atoms with Crippen molar-refractivity contribution in [3.63, 3.8) is 0 Å². The van der Waals surface area contributed by atoms with E-state index < -0.39 is 43.2 Å². The lowest BCUT2D eigenvalue weighted by Crippen LogP contribution is -2.14. The van der Waals surface area contributed by atoms with Crippen LogP contribution in [0.2, 0.25) is 0 Å². The molecule has 4 rings (SSSR count). The maximum atomic E-state index is 9.56. The summed E-state index contributed by atoms with van der Waals surface area (Å²) in [4.78, 5) is 38.1. The normalized spacial score (nSPS) is 9.80. The lowest BCUT2D eigenvalue weighted by Gasteiger charge is -2.24. The molecule has 55 heavy (non-hydrogen) atoms. The highest BCUT2D eigenvalue weighted by Crippen LogP contribution is 2.43. The maximum Gasteiger partial charge on any atom is 0.225 e. The van der Waals surface area contributed by atoms with Crippen LogP contribution in [-0.2, 0) is 62.5 Å². The molecule has 0 spiro atoms. The van der Waals surface area contributed by atoms with E-state index in [1.165, 1.54) is 0 Å². The molecule has 0 aliphatic carbocycles. The lowest BCUT2D eigenvalue weighted by atomic mass is 9.82. The molecule has 0 aliphatic rings. The molecular weight excluding hydrogens is 799 g/mol. The van der Waals surface area contributed by atoms with Crippen molar-refractivity contribution in [3.05, 3.63) is 16.7 Å². The van der Waals surface area contributed by atoms with Gasteiger partial charge in [-0.05, 0) is 36.0 Å². The highest BCUT2D eigenvalue weighted by Gasteiger charge is 2.29. The fraction of sp³-hybridized carbons (Fsp3) is 0.483. The zero-order valence-electron chi connectivity index (χ0n) is 32.9. The molecule has 4 aromatic rings. The van der Waals surface area contributed by atoms with Gasteiger partial charge in [-0.1, -0.05) is 20.8 Å². The van der Waals surface area contributed by atoms with Crippen molar-refractivity contribution in [2.24, 2.45) is 0 Å². The molecule has 0 amide bonds. The van der Waals surface area contributed by atoms with Crippen molar-refractivity contribution in [3.8, 4) is 34.2 Å². The van der Waals surface area contributed by atoms with Gasteiger partial charge in [0.05, 0.1) is 0 Å². The molecule has 0 saturated heterocycles. The van der Waals surface area contributed by atoms with Crippen LogP contribution in [0, 0.1) is 0 Å². The van der Waals surface area contributed by atoms with E-state index in [1.807, 2.05) is 20.8 Å². The lowest BCUT2D eigenvalue weighted by molar-refractivity contribution is 0.689. The van der Waals surface area contributed by atoms with Gasteiger partial charge < -0.3 is 50.8 Å². The van der Waals surface area contributed by atoms with E-state index in [0.717, 1.165) is 16.7 Å². The molecule has 3 heterocycles. The van der Waals surface area contributed by atoms with Crippen molar-refractivity contribution in [2.45, 2.75) is 40.0 Å². The first-order chi connectivity index (χ1) is 24.1. The summed E-state index contributed by atoms with van der Waals surface area (Å²) < 4.78 is 38.2. The van der Waals surface area contributed by atoms with Crippen LogP contribution < -0.4 is 34.4 Å². The number of nitrogens with zero attached hydrogens (tertiary/aromatic N) is 9. The van der Waals surface area contributed by atoms with E-state index in [2.05, 4.69) is 44.9 Å². The summed E-state index contributed by atoms with van der Waals surface area (Å²) in [6, 6.07) is 0. The molecule has 0 fully saturated rings. The third-order valence-electron chi connectivity index (χ3n) is 5.55. The van der Waals surface area contributed by atoms with Crippen LogP contribution in [0.5, 0.6) is 0 Å². The van der Waals surface area contributed by atoms with Crippen molar-refractivity contribution in [2.75, 3.05) is 84.4 Å². The summed E-state index contributed by atoms with van der Waals surface area (Å²) in [5.41, 5.74) is 40.1. The van der Waals surface area contributed by atoms with Gasteiger partial charge in [0.15, 0.2) is 17.5 Å². The summed E-state index contributed by atoms with van der Waals surface area (Å²) >= 11 is 0. The van der Waals surface area contributed by atoms with Crippen LogP contribution >= 0.6 is 0 Å². The number of hydrogen-bond acceptors (Lipinski definition) is 19. The number of nitrogens with two attached hydrogens (primary N) is 6. The average molecular weight is 856 g/mol. The topological polar surface area (TPSA) is 435 Å². The summed E-state index contributed by atoms with van der Waals surface area (Å²) in [7, 11) is -2.44. The highest BCUT2D eigenvalue weighted by molar-refractivity contribution is 7.84. The van der Waals surface area contributed by atoms with E-state index >= 15 is 0 Å². The Morgan fingerprint density at radius 1 is 0.345 bits per heavy atom. The van der Waals surface area contributed by atoms with Gasteiger partial charge in [0.2, 0.25) is 35.7 Å². The van der Waals surface area contributed by atoms with Gasteiger partial charge in [-0.15, -0.1) is 0 Å². The standard InChI is InChI=1S/C21H27N15.4C2H6OS.3H2O/c1-4-7-10(13-28-16(22)34-17(23)29-13)8(5-2)12(15-32-20(26)36-21(27)33-15)9(6-3)11(7)14-30-18(24)35-19(25)31-14;4*1-4(2)3;;;/h4-6H2,1-3H3,(H4,22,23,28,29,34)(H4,24,25,30,31,35)(H4,26,27,32,33,36);4*1-2H3;3*1H2. The fourth-order valence-corrected chi connectivity index (χ4v) is 4.36. The van der Waals surface area contributed by atoms with Crippen LogP contribution in [0.15, 0.2) is 0 Å². The van der Waals surface area contributed by atoms with Crippen LogP contribution in [0.3, 0.4) is 0 Å². The molecule has 0 radical (unpaired) electrons. The zero-order chi connectivity index (χ0) is 40.5. The summed E-state index contributed by atoms with van der Waals surface area (Å²) in [5.74, 6) is 0.714. The second-order valence-corrected chi connectivity index (χ2v) is 16.6. The van der Waals surface area contributed by atoms with Gasteiger partial charge in [-0.25, -0.2) is 0 Å². The van der Waals surface area contributed by atoms with E-state index in [0.29, 0.717) is 36.0 Å². The van der Waals surface area contributed by atoms with Crippen molar-refractivity contribution in [1.29, 1.82) is 0 Å². The average Bonchev–Trinajstić information content (AvgIpc) is 2.96. The largest absolute Gasteiger partial charge is 0.412 e. The Hall–Kier alpha value is -4.47. The minimum atomic E-state index is -0.611. The minimum absolute atomic E-state index is 0. The van der Waals surface area contributed by atoms with Crippen LogP contribution in [-0.4, -0.2) is 128 Å². The van der Waals surface area contributed by atoms with Gasteiger partial charge in [0, 0.05) is 110 Å². The SMILES string of the molecule is CCc1c(-c2nc(N)nc(N)n2)c(CC)c(-c2nc(N)nc(N)n2)c(CC)c1-c1nc(N)nc(N)n1.CS(C)=O.CS(C)=O.CS(C)=O.CS(C)=O.O.O.O. The van der Waals surface area contributed by atoms with Crippen molar-refractivity contribution in [1.82, 2.24) is 44.9 Å². The number of benzene rings is 1. The Bertz CT molecular complexity index is 1590. The predicted molar refractivity (Wildman–Crippen MR) is 228 cm³/mol. The monoisotopic (exact) mass is 855 g/mol. The maximum absolute atomic E-state index is 9.56. The van der Waals surface area contributed by atoms with Gasteiger partial charge in [-0.3, -0.25) is 16.8 Å². The molecule has 1 aromatic carbocycles. The van der Waals surface area contributed by atoms with Gasteiger partial charge >= 0.3 is 0 Å². The smallest absolute Gasteiger partial charge is 0.225 e. The first-order valence-corrected chi connectivity index (χ1v) is 23.0. The summed E-state index contributed by atoms with van der Waals surface area (Å²) in [5, 5.41) is 0. The molecule has 314 valence electrons. The van der Waals surface area contributed by atoms with Crippen LogP contribution in [0.1, 0.15) is 37.5 Å². The molecule has 22 nitrogen and oxygen atoms in total. The Morgan fingerprint density at radius 2 is 0.473 bits per heavy atom. The first kappa shape index (κ1) is 57.3. The Morgan fingerprint density at radius 3 is 0.582 bits per heavy atom. The van der Waals surface area contributed by atoms with E-state index in [-0.39, 0.29) is 69.6 Å². The van der Waals surface area contributed by atoms with Crippen molar-refractivity contribution >= 4 is 78.9 Å². The molecule has 18 N–H and O–H groups in total. The molecule has 0 bridgehead atoms. The van der Waals surface area contributed by atoms with Gasteiger partial charge in [-0.2, -0.15) is 44.9 Å². The molecule has 0 unspecified atom stereocenters. The van der Waals surface area contributed by atoms with E-state index in [4.69, 9.17) is 34.4 Å². The Labute approximate surface area is 331 Å². The third kappa shape index (κ3) is 20.7. The third-order valence-corrected chi connectivity index (χ3v) is 5.55. The van der Waals surface area contributed by atoms with Crippen molar-refractivity contribution < 1.29 is 33.3 Å². The summed E-state index contributed by atoms with van der Waals surface area (Å²) in [6.45, 7) is 5.96. The molecule has 0 aliphatic heterocycles. The number of anilines is 6. The molecule has 0 atom stereocenters. The Kier molecular flexibility index (Phi) is 29.2. The number of rotatable bonds is 6. The second kappa shape index (κ2) is 28.0. The van der Waals surface area contributed by atoms with Crippen LogP contribution in [0.25, 0.3) is 34.2 Å². The van der Waals surface area contributed by atoms with E-state index in [1.54, 1.807) is 50.0 Å². The van der Waals surface area contributed by atoms with E-state index in [9.17, 15) is 16.8 Å². The first-order valence-electron chi connectivity index (χ1n) is 15.1. The molecule has 0 saturated carbocycles. The van der Waals surface area contributed by atoms with Crippen LogP contribution in [0.4, 0.5) is 35.7 Å². The number of hydrogen-bond donors (Lipinski definition) is 6. The highest BCUT2D eigenvalue weighted by atomic mass is 32.2. The number of nitrogen functional groups attached to an aromatic ring is 6. The number of aromatic nitrogens is 9. The van der Waals surface area contributed by atoms with Gasteiger partial charge in [0.1, 0.15) is 0 Å². The summed E-state index contributed by atoms with van der Waals surface area (Å²) in [6.07, 6.45) is 14.7. The zero-order valence-corrected chi connectivity index (χ0v) is 36.1. The fourth-order valence-electron chi connectivity index (χ4n) is 4.36. The predicted octanol–water partition coefficient (Wildman–Crippen LogP) is -2.07. The molecule has 3 aromatic heterocycles. The molecular formula is C29H57N15O7S4. The van der Waals surface area contributed by atoms with Gasteiger partial charge in [0.25, 0.3) is 0 Å². The quantitative estimate of drug-likeness (QED) is 0.121. The second-order valence-electron chi connectivity index (χ2n) is 10.7.